The van der Waals surface area contributed by atoms with E-state index in [0.29, 0.717) is 0 Å². The molecule has 0 unspecified atom stereocenters. The summed E-state index contributed by atoms with van der Waals surface area (Å²) in [5.41, 5.74) is 1.85. The van der Waals surface area contributed by atoms with Crippen LogP contribution in [0.2, 0.25) is 0 Å². The van der Waals surface area contributed by atoms with E-state index in [1.165, 1.54) is 6.07 Å². The number of pyridine rings is 1. The summed E-state index contributed by atoms with van der Waals surface area (Å²) >= 11 is 0. The standard InChI is InChI=1S/C13H18N2O2/c1-9-11(6-7-13(17)14-9)12-5-3-4-8-15(12)10(2)16/h6-7,12H,3-5,8H2,1-2H3,(H,14,17)/t12-/m0/s1. The van der Waals surface area contributed by atoms with Gasteiger partial charge in [0.2, 0.25) is 11.5 Å². The van der Waals surface area contributed by atoms with Crippen LogP contribution in [0.25, 0.3) is 0 Å². The monoisotopic (exact) mass is 234 g/mol. The number of rotatable bonds is 1. The Bertz CT molecular complexity index is 479. The Kier molecular flexibility index (Phi) is 3.31. The number of aromatic nitrogens is 1. The highest BCUT2D eigenvalue weighted by Crippen LogP contribution is 2.31. The van der Waals surface area contributed by atoms with E-state index in [-0.39, 0.29) is 17.5 Å². The third-order valence-electron chi connectivity index (χ3n) is 3.42. The number of nitrogens with zero attached hydrogens (tertiary/aromatic N) is 1. The summed E-state index contributed by atoms with van der Waals surface area (Å²) < 4.78 is 0. The molecule has 1 aliphatic heterocycles. The minimum atomic E-state index is -0.0866. The molecule has 1 atom stereocenters. The Hall–Kier alpha value is -1.58. The zero-order chi connectivity index (χ0) is 12.4. The summed E-state index contributed by atoms with van der Waals surface area (Å²) in [4.78, 5) is 27.5. The summed E-state index contributed by atoms with van der Waals surface area (Å²) in [6.07, 6.45) is 3.18. The largest absolute Gasteiger partial charge is 0.336 e. The average Bonchev–Trinajstić information content (AvgIpc) is 2.29. The molecule has 0 spiro atoms. The minimum Gasteiger partial charge on any atom is -0.336 e. The summed E-state index contributed by atoms with van der Waals surface area (Å²) in [6.45, 7) is 4.32. The molecule has 4 nitrogen and oxygen atoms in total. The first-order chi connectivity index (χ1) is 8.09. The molecule has 0 saturated carbocycles. The second-order valence-electron chi connectivity index (χ2n) is 4.63. The lowest BCUT2D eigenvalue weighted by molar-refractivity contribution is -0.132. The van der Waals surface area contributed by atoms with Crippen molar-refractivity contribution in [2.45, 2.75) is 39.2 Å². The highest BCUT2D eigenvalue weighted by Gasteiger charge is 2.26. The van der Waals surface area contributed by atoms with E-state index in [4.69, 9.17) is 0 Å². The van der Waals surface area contributed by atoms with Crippen LogP contribution in [0.1, 0.15) is 43.5 Å². The van der Waals surface area contributed by atoms with Gasteiger partial charge in [0.25, 0.3) is 0 Å². The van der Waals surface area contributed by atoms with E-state index in [1.54, 1.807) is 6.92 Å². The molecule has 1 aliphatic rings. The molecule has 1 aromatic heterocycles. The lowest BCUT2D eigenvalue weighted by atomic mass is 9.94. The molecule has 1 aromatic rings. The number of nitrogens with one attached hydrogen (secondary N) is 1. The molecular formula is C13H18N2O2. The Morgan fingerprint density at radius 2 is 2.18 bits per heavy atom. The zero-order valence-corrected chi connectivity index (χ0v) is 10.3. The van der Waals surface area contributed by atoms with E-state index < -0.39 is 0 Å². The maximum Gasteiger partial charge on any atom is 0.248 e. The molecule has 1 amide bonds. The van der Waals surface area contributed by atoms with E-state index in [9.17, 15) is 9.59 Å². The maximum atomic E-state index is 11.6. The van der Waals surface area contributed by atoms with E-state index in [2.05, 4.69) is 4.98 Å². The molecule has 2 heterocycles. The number of carbonyl (C=O) groups excluding carboxylic acids is 1. The van der Waals surface area contributed by atoms with Crippen LogP contribution in [0.4, 0.5) is 0 Å². The van der Waals surface area contributed by atoms with Crippen molar-refractivity contribution in [3.05, 3.63) is 33.7 Å². The molecule has 0 aliphatic carbocycles. The van der Waals surface area contributed by atoms with Crippen molar-refractivity contribution in [3.63, 3.8) is 0 Å². The molecule has 1 fully saturated rings. The van der Waals surface area contributed by atoms with Crippen molar-refractivity contribution in [1.29, 1.82) is 0 Å². The molecule has 92 valence electrons. The van der Waals surface area contributed by atoms with Gasteiger partial charge in [0.15, 0.2) is 0 Å². The third kappa shape index (κ3) is 2.40. The summed E-state index contributed by atoms with van der Waals surface area (Å²) in [5.74, 6) is 0.111. The molecule has 2 rings (SSSR count). The van der Waals surface area contributed by atoms with Crippen molar-refractivity contribution < 1.29 is 4.79 Å². The van der Waals surface area contributed by atoms with Gasteiger partial charge in [0.1, 0.15) is 0 Å². The van der Waals surface area contributed by atoms with Crippen molar-refractivity contribution in [2.24, 2.45) is 0 Å². The summed E-state index contributed by atoms with van der Waals surface area (Å²) in [5, 5.41) is 0. The first-order valence-corrected chi connectivity index (χ1v) is 6.06. The van der Waals surface area contributed by atoms with Crippen LogP contribution in [-0.4, -0.2) is 22.3 Å². The average molecular weight is 234 g/mol. The fraction of sp³-hybridized carbons (Fsp3) is 0.538. The highest BCUT2D eigenvalue weighted by atomic mass is 16.2. The van der Waals surface area contributed by atoms with Crippen molar-refractivity contribution >= 4 is 5.91 Å². The van der Waals surface area contributed by atoms with Crippen LogP contribution in [0, 0.1) is 6.92 Å². The lowest BCUT2D eigenvalue weighted by Crippen LogP contribution is -2.37. The lowest BCUT2D eigenvalue weighted by Gasteiger charge is -2.35. The smallest absolute Gasteiger partial charge is 0.248 e. The number of hydrogen-bond acceptors (Lipinski definition) is 2. The van der Waals surface area contributed by atoms with E-state index in [0.717, 1.165) is 37.1 Å². The number of likely N-dealkylation sites (tertiary alicyclic amines) is 1. The molecule has 0 radical (unpaired) electrons. The minimum absolute atomic E-state index is 0.0866. The number of aryl methyl sites for hydroxylation is 1. The highest BCUT2D eigenvalue weighted by molar-refractivity contribution is 5.74. The SMILES string of the molecule is CC(=O)N1CCCC[C@H]1c1ccc(=O)[nH]c1C. The van der Waals surface area contributed by atoms with Gasteiger partial charge in [-0.2, -0.15) is 0 Å². The molecule has 0 bridgehead atoms. The van der Waals surface area contributed by atoms with Gasteiger partial charge in [-0.15, -0.1) is 0 Å². The Morgan fingerprint density at radius 3 is 2.82 bits per heavy atom. The number of aromatic amines is 1. The van der Waals surface area contributed by atoms with Gasteiger partial charge >= 0.3 is 0 Å². The van der Waals surface area contributed by atoms with E-state index >= 15 is 0 Å². The van der Waals surface area contributed by atoms with Gasteiger partial charge in [0.05, 0.1) is 6.04 Å². The van der Waals surface area contributed by atoms with Crippen molar-refractivity contribution in [3.8, 4) is 0 Å². The molecule has 1 saturated heterocycles. The number of hydrogen-bond donors (Lipinski definition) is 1. The predicted molar refractivity (Wildman–Crippen MR) is 65.8 cm³/mol. The van der Waals surface area contributed by atoms with Crippen molar-refractivity contribution in [1.82, 2.24) is 9.88 Å². The van der Waals surface area contributed by atoms with Crippen LogP contribution in [0.3, 0.4) is 0 Å². The summed E-state index contributed by atoms with van der Waals surface area (Å²) in [6, 6.07) is 3.51. The van der Waals surface area contributed by atoms with Crippen LogP contribution in [0.5, 0.6) is 0 Å². The van der Waals surface area contributed by atoms with Gasteiger partial charge in [-0.3, -0.25) is 9.59 Å². The number of amides is 1. The second kappa shape index (κ2) is 4.73. The zero-order valence-electron chi connectivity index (χ0n) is 10.3. The van der Waals surface area contributed by atoms with Gasteiger partial charge < -0.3 is 9.88 Å². The van der Waals surface area contributed by atoms with Crippen molar-refractivity contribution in [2.75, 3.05) is 6.54 Å². The van der Waals surface area contributed by atoms with E-state index in [1.807, 2.05) is 17.9 Å². The number of carbonyl (C=O) groups is 1. The molecule has 1 N–H and O–H groups in total. The van der Waals surface area contributed by atoms with Crippen LogP contribution in [-0.2, 0) is 4.79 Å². The predicted octanol–water partition coefficient (Wildman–Crippen LogP) is 1.76. The molecule has 4 heteroatoms. The second-order valence-corrected chi connectivity index (χ2v) is 4.63. The Labute approximate surface area is 101 Å². The van der Waals surface area contributed by atoms with Crippen LogP contribution < -0.4 is 5.56 Å². The van der Waals surface area contributed by atoms with Crippen LogP contribution >= 0.6 is 0 Å². The molecule has 0 aromatic carbocycles. The van der Waals surface area contributed by atoms with Crippen LogP contribution in [0.15, 0.2) is 16.9 Å². The third-order valence-corrected chi connectivity index (χ3v) is 3.42. The first kappa shape index (κ1) is 11.9. The van der Waals surface area contributed by atoms with Gasteiger partial charge in [0, 0.05) is 25.2 Å². The van der Waals surface area contributed by atoms with Gasteiger partial charge in [-0.1, -0.05) is 0 Å². The fourth-order valence-electron chi connectivity index (χ4n) is 2.58. The quantitative estimate of drug-likeness (QED) is 0.805. The summed E-state index contributed by atoms with van der Waals surface area (Å²) in [7, 11) is 0. The molecule has 17 heavy (non-hydrogen) atoms. The Balaban J connectivity index is 2.36. The topological polar surface area (TPSA) is 53.2 Å². The maximum absolute atomic E-state index is 11.6. The normalized spacial score (nSPS) is 20.4. The van der Waals surface area contributed by atoms with Gasteiger partial charge in [-0.05, 0) is 37.8 Å². The number of piperidine rings is 1. The Morgan fingerprint density at radius 1 is 1.41 bits per heavy atom. The first-order valence-electron chi connectivity index (χ1n) is 6.06. The molecular weight excluding hydrogens is 216 g/mol. The van der Waals surface area contributed by atoms with Gasteiger partial charge in [-0.25, -0.2) is 0 Å². The fourth-order valence-corrected chi connectivity index (χ4v) is 2.58. The number of H-pyrrole nitrogens is 1.